The van der Waals surface area contributed by atoms with Gasteiger partial charge in [0, 0.05) is 23.1 Å². The van der Waals surface area contributed by atoms with E-state index in [0.717, 1.165) is 0 Å². The van der Waals surface area contributed by atoms with Crippen molar-refractivity contribution in [2.75, 3.05) is 7.04 Å². The number of ether oxygens (including phenoxy) is 1. The molecular formula is C21H20O7. The molecule has 2 aromatic rings. The smallest absolute Gasteiger partial charge is 0.202 e. The Hall–Kier alpha value is -2.90. The number of rotatable bonds is 2. The van der Waals surface area contributed by atoms with Crippen molar-refractivity contribution in [2.24, 2.45) is 0 Å². The second-order valence-electron chi connectivity index (χ2n) is 7.30. The van der Waals surface area contributed by atoms with E-state index in [1.807, 2.05) is 0 Å². The molecule has 2 aromatic carbocycles. The van der Waals surface area contributed by atoms with E-state index in [9.17, 15) is 30.0 Å². The molecule has 0 aliphatic heterocycles. The number of ketones is 2. The monoisotopic (exact) mass is 388 g/mol. The third-order valence-electron chi connectivity index (χ3n) is 5.79. The highest BCUT2D eigenvalue weighted by molar-refractivity contribution is 6.31. The van der Waals surface area contributed by atoms with Crippen LogP contribution in [-0.4, -0.2) is 50.7 Å². The largest absolute Gasteiger partial charge is 0.507 e. The van der Waals surface area contributed by atoms with E-state index in [2.05, 4.69) is 0 Å². The number of methoxy groups -OCH3 is 1. The Kier molecular flexibility index (Phi) is 3.26. The first kappa shape index (κ1) is 15.1. The topological polar surface area (TPSA) is 124 Å². The van der Waals surface area contributed by atoms with E-state index in [4.69, 9.17) is 8.85 Å². The Bertz CT molecular complexity index is 1140. The maximum atomic E-state index is 13.3. The summed E-state index contributed by atoms with van der Waals surface area (Å²) in [6.07, 6.45) is -1.24. The maximum absolute atomic E-state index is 13.3. The first-order valence-corrected chi connectivity index (χ1v) is 8.77. The highest BCUT2D eigenvalue weighted by Gasteiger charge is 2.44. The molecule has 0 saturated carbocycles. The predicted molar refractivity (Wildman–Crippen MR) is 98.3 cm³/mol. The summed E-state index contributed by atoms with van der Waals surface area (Å²) in [5.41, 5.74) is -2.61. The molecule has 4 N–H and O–H groups in total. The van der Waals surface area contributed by atoms with Gasteiger partial charge in [0.25, 0.3) is 0 Å². The van der Waals surface area contributed by atoms with Crippen molar-refractivity contribution in [3.05, 3.63) is 51.6 Å². The van der Waals surface area contributed by atoms with Crippen molar-refractivity contribution < 1.29 is 38.9 Å². The summed E-state index contributed by atoms with van der Waals surface area (Å²) >= 11 is 0. The van der Waals surface area contributed by atoms with E-state index in [1.54, 1.807) is 0 Å². The second-order valence-corrected chi connectivity index (χ2v) is 7.30. The number of phenolic OH excluding ortho intramolecular Hbond substituents is 2. The lowest BCUT2D eigenvalue weighted by atomic mass is 9.73. The van der Waals surface area contributed by atoms with E-state index in [0.29, 0.717) is 0 Å². The molecule has 2 atom stereocenters. The van der Waals surface area contributed by atoms with Crippen LogP contribution in [0.25, 0.3) is 0 Å². The third-order valence-corrected chi connectivity index (χ3v) is 5.79. The second kappa shape index (κ2) is 6.05. The summed E-state index contributed by atoms with van der Waals surface area (Å²) in [5.74, 6) is -3.03. The zero-order valence-electron chi connectivity index (χ0n) is 17.9. The number of fused-ring (bicyclic) bond motifs is 3. The molecule has 146 valence electrons. The number of hydrogen-bond donors (Lipinski definition) is 4. The summed E-state index contributed by atoms with van der Waals surface area (Å²) in [4.78, 5) is 26.5. The van der Waals surface area contributed by atoms with E-state index < -0.39 is 52.9 Å². The minimum absolute atomic E-state index is 0.0468. The van der Waals surface area contributed by atoms with Gasteiger partial charge in [0.05, 0.1) is 39.5 Å². The van der Waals surface area contributed by atoms with Gasteiger partial charge in [0.15, 0.2) is 5.78 Å². The van der Waals surface area contributed by atoms with E-state index in [-0.39, 0.29) is 47.3 Å². The van der Waals surface area contributed by atoms with Gasteiger partial charge in [0.1, 0.15) is 17.2 Å². The van der Waals surface area contributed by atoms with Gasteiger partial charge in [-0.3, -0.25) is 9.59 Å². The van der Waals surface area contributed by atoms with Crippen LogP contribution in [0, 0.1) is 0 Å². The Labute approximate surface area is 165 Å². The average Bonchev–Trinajstić information content (AvgIpc) is 2.67. The molecule has 0 aromatic heterocycles. The first-order chi connectivity index (χ1) is 14.4. The van der Waals surface area contributed by atoms with Crippen molar-refractivity contribution in [1.82, 2.24) is 0 Å². The molecule has 0 bridgehead atoms. The number of carbonyl (C=O) groups excluding carboxylic acids is 2. The molecule has 0 fully saturated rings. The zero-order chi connectivity index (χ0) is 22.9. The van der Waals surface area contributed by atoms with Crippen LogP contribution in [0.1, 0.15) is 60.4 Å². The lowest BCUT2D eigenvalue weighted by molar-refractivity contribution is -0.0748. The summed E-state index contributed by atoms with van der Waals surface area (Å²) < 4.78 is 26.8. The molecule has 2 aliphatic rings. The number of aliphatic hydroxyl groups is 2. The van der Waals surface area contributed by atoms with Gasteiger partial charge in [0.2, 0.25) is 5.78 Å². The fourth-order valence-corrected chi connectivity index (χ4v) is 4.12. The maximum Gasteiger partial charge on any atom is 0.202 e. The number of benzene rings is 2. The standard InChI is InChI=1S/C21H20O7/c1-9(22)21(27)7-6-10-12(8-21)19(25)15-16(17(10)23)20(26)14-11(18(15)24)4-3-5-13(14)28-2/h3-5,9,22-23,25,27H,6-8H2,1-2H3/t9?,21-/m1/s1/i2+1D3. The predicted octanol–water partition coefficient (Wildman–Crippen LogP) is 1.48. The van der Waals surface area contributed by atoms with Gasteiger partial charge in [-0.25, -0.2) is 0 Å². The molecule has 4 rings (SSSR count). The molecule has 2 aliphatic carbocycles. The summed E-state index contributed by atoms with van der Waals surface area (Å²) in [6, 6.07) is 3.88. The van der Waals surface area contributed by atoms with Gasteiger partial charge in [-0.1, -0.05) is 12.1 Å². The Morgan fingerprint density at radius 1 is 1.11 bits per heavy atom. The molecule has 1 unspecified atom stereocenters. The third kappa shape index (κ3) is 2.30. The minimum atomic E-state index is -2.87. The molecule has 0 spiro atoms. The fraction of sp³-hybridized carbons (Fsp3) is 0.333. The molecule has 0 amide bonds. The number of hydrogen-bond acceptors (Lipinski definition) is 7. The number of aromatic hydroxyl groups is 2. The van der Waals surface area contributed by atoms with Crippen LogP contribution in [-0.2, 0) is 12.8 Å². The Balaban J connectivity index is 1.94. The van der Waals surface area contributed by atoms with Crippen LogP contribution >= 0.6 is 0 Å². The molecule has 0 saturated heterocycles. The van der Waals surface area contributed by atoms with Gasteiger partial charge in [-0.2, -0.15) is 0 Å². The SMILES string of the molecule is [2H][13C]([2H])([2H])Oc1cccc2c1C(=O)c1c(O)c3c(c(O)c1C2=O)C[C@@](O)(C(C)O)CC3. The number of carbonyl (C=O) groups is 2. The molecular weight excluding hydrogens is 365 g/mol. The zero-order valence-corrected chi connectivity index (χ0v) is 14.9. The van der Waals surface area contributed by atoms with E-state index in [1.165, 1.54) is 25.1 Å². The Morgan fingerprint density at radius 2 is 1.79 bits per heavy atom. The van der Waals surface area contributed by atoms with Crippen LogP contribution < -0.4 is 4.74 Å². The van der Waals surface area contributed by atoms with Crippen LogP contribution in [0.2, 0.25) is 0 Å². The minimum Gasteiger partial charge on any atom is -0.507 e. The summed E-state index contributed by atoms with van der Waals surface area (Å²) in [7, 11) is -2.87. The molecule has 28 heavy (non-hydrogen) atoms. The number of phenols is 2. The lowest BCUT2D eigenvalue weighted by Crippen LogP contribution is -2.45. The number of aliphatic hydroxyl groups excluding tert-OH is 1. The van der Waals surface area contributed by atoms with Gasteiger partial charge >= 0.3 is 0 Å². The molecule has 0 radical (unpaired) electrons. The average molecular weight is 388 g/mol. The first-order valence-electron chi connectivity index (χ1n) is 10.3. The summed E-state index contributed by atoms with van der Waals surface area (Å²) in [5, 5.41) is 42.4. The van der Waals surface area contributed by atoms with Gasteiger partial charge < -0.3 is 25.2 Å². The van der Waals surface area contributed by atoms with Gasteiger partial charge in [-0.05, 0) is 25.8 Å². The quantitative estimate of drug-likeness (QED) is 0.387. The van der Waals surface area contributed by atoms with Crippen LogP contribution in [0.3, 0.4) is 0 Å². The molecule has 0 heterocycles. The molecule has 7 heteroatoms. The lowest BCUT2D eigenvalue weighted by Gasteiger charge is -2.37. The van der Waals surface area contributed by atoms with Gasteiger partial charge in [-0.15, -0.1) is 0 Å². The van der Waals surface area contributed by atoms with E-state index >= 15 is 0 Å². The van der Waals surface area contributed by atoms with Crippen LogP contribution in [0.15, 0.2) is 18.2 Å². The molecule has 7 nitrogen and oxygen atoms in total. The van der Waals surface area contributed by atoms with Crippen molar-refractivity contribution in [3.8, 4) is 17.2 Å². The van der Waals surface area contributed by atoms with Crippen molar-refractivity contribution in [3.63, 3.8) is 0 Å². The van der Waals surface area contributed by atoms with Crippen molar-refractivity contribution in [2.45, 2.75) is 37.9 Å². The van der Waals surface area contributed by atoms with Crippen LogP contribution in [0.4, 0.5) is 0 Å². The fourth-order valence-electron chi connectivity index (χ4n) is 4.12. The highest BCUT2D eigenvalue weighted by atomic mass is 16.5. The highest BCUT2D eigenvalue weighted by Crippen LogP contribution is 2.48. The van der Waals surface area contributed by atoms with Crippen molar-refractivity contribution in [1.29, 1.82) is 0 Å². The normalized spacial score (nSPS) is 23.6. The van der Waals surface area contributed by atoms with Crippen LogP contribution in [0.5, 0.6) is 17.2 Å². The Morgan fingerprint density at radius 3 is 2.46 bits per heavy atom. The summed E-state index contributed by atoms with van der Waals surface area (Å²) in [6.45, 7) is 1.40. The van der Waals surface area contributed by atoms with Crippen molar-refractivity contribution >= 4 is 11.6 Å².